The van der Waals surface area contributed by atoms with Crippen LogP contribution in [0.3, 0.4) is 0 Å². The quantitative estimate of drug-likeness (QED) is 0.474. The number of nitrogens with zero attached hydrogens (tertiary/aromatic N) is 3. The molecule has 0 saturated carbocycles. The fourth-order valence-corrected chi connectivity index (χ4v) is 3.13. The van der Waals surface area contributed by atoms with Gasteiger partial charge < -0.3 is 13.9 Å². The summed E-state index contributed by atoms with van der Waals surface area (Å²) in [4.78, 5) is 0. The summed E-state index contributed by atoms with van der Waals surface area (Å²) in [5, 5.41) is 16.2. The van der Waals surface area contributed by atoms with Crippen molar-refractivity contribution < 1.29 is 13.9 Å². The van der Waals surface area contributed by atoms with Gasteiger partial charge in [-0.1, -0.05) is 35.3 Å². The molecule has 1 N–H and O–H groups in total. The minimum Gasteiger partial charge on any atom is -0.454 e. The first-order chi connectivity index (χ1) is 14.2. The Kier molecular flexibility index (Phi) is 4.46. The molecule has 0 unspecified atom stereocenters. The van der Waals surface area contributed by atoms with E-state index in [9.17, 15) is 0 Å². The van der Waals surface area contributed by atoms with E-state index in [0.717, 1.165) is 16.9 Å². The van der Waals surface area contributed by atoms with Crippen LogP contribution in [0.25, 0.3) is 35.0 Å². The molecule has 4 aromatic rings. The van der Waals surface area contributed by atoms with Gasteiger partial charge in [-0.25, -0.2) is 0 Å². The molecule has 0 amide bonds. The number of halogens is 2. The van der Waals surface area contributed by atoms with Crippen LogP contribution in [-0.4, -0.2) is 27.2 Å². The van der Waals surface area contributed by atoms with Crippen LogP contribution in [0.2, 0.25) is 10.0 Å². The lowest BCUT2D eigenvalue weighted by Crippen LogP contribution is -1.92. The second kappa shape index (κ2) is 7.27. The molecule has 0 bridgehead atoms. The third kappa shape index (κ3) is 3.57. The maximum atomic E-state index is 6.07. The van der Waals surface area contributed by atoms with Gasteiger partial charge in [0.25, 0.3) is 5.89 Å². The summed E-state index contributed by atoms with van der Waals surface area (Å²) in [6.45, 7) is 0.240. The van der Waals surface area contributed by atoms with Gasteiger partial charge in [0.2, 0.25) is 12.7 Å². The van der Waals surface area contributed by atoms with E-state index >= 15 is 0 Å². The molecule has 3 heterocycles. The molecule has 2 aromatic carbocycles. The molecule has 0 radical (unpaired) electrons. The van der Waals surface area contributed by atoms with Gasteiger partial charge >= 0.3 is 0 Å². The summed E-state index contributed by atoms with van der Waals surface area (Å²) in [6, 6.07) is 12.8. The van der Waals surface area contributed by atoms with Crippen LogP contribution in [0.15, 0.2) is 46.9 Å². The first-order valence-electron chi connectivity index (χ1n) is 8.58. The molecule has 29 heavy (non-hydrogen) atoms. The Morgan fingerprint density at radius 1 is 0.897 bits per heavy atom. The molecule has 0 fully saturated rings. The van der Waals surface area contributed by atoms with Gasteiger partial charge in [0.05, 0.1) is 15.7 Å². The Labute approximate surface area is 174 Å². The van der Waals surface area contributed by atoms with E-state index in [1.54, 1.807) is 24.3 Å². The van der Waals surface area contributed by atoms with Gasteiger partial charge in [-0.2, -0.15) is 5.10 Å². The Bertz CT molecular complexity index is 1230. The van der Waals surface area contributed by atoms with E-state index < -0.39 is 0 Å². The van der Waals surface area contributed by atoms with Gasteiger partial charge in [0, 0.05) is 11.6 Å². The Morgan fingerprint density at radius 2 is 1.79 bits per heavy atom. The Morgan fingerprint density at radius 3 is 2.69 bits per heavy atom. The zero-order valence-electron chi connectivity index (χ0n) is 14.7. The lowest BCUT2D eigenvalue weighted by atomic mass is 10.1. The molecule has 5 rings (SSSR count). The van der Waals surface area contributed by atoms with Gasteiger partial charge in [0.1, 0.15) is 5.69 Å². The second-order valence-electron chi connectivity index (χ2n) is 6.19. The minimum atomic E-state index is 0.240. The second-order valence-corrected chi connectivity index (χ2v) is 7.00. The predicted molar refractivity (Wildman–Crippen MR) is 109 cm³/mol. The van der Waals surface area contributed by atoms with Crippen molar-refractivity contribution in [3.05, 3.63) is 64.0 Å². The summed E-state index contributed by atoms with van der Waals surface area (Å²) in [6.07, 6.45) is 3.58. The molecule has 1 aliphatic heterocycles. The first-order valence-corrected chi connectivity index (χ1v) is 9.34. The van der Waals surface area contributed by atoms with E-state index in [1.165, 1.54) is 0 Å². The van der Waals surface area contributed by atoms with Crippen LogP contribution in [-0.2, 0) is 0 Å². The highest BCUT2D eigenvalue weighted by molar-refractivity contribution is 6.42. The van der Waals surface area contributed by atoms with Crippen molar-refractivity contribution >= 4 is 35.4 Å². The van der Waals surface area contributed by atoms with Gasteiger partial charge in [-0.05, 0) is 42.0 Å². The molecule has 9 heteroatoms. The molecule has 7 nitrogen and oxygen atoms in total. The summed E-state index contributed by atoms with van der Waals surface area (Å²) in [5.41, 5.74) is 3.04. The van der Waals surface area contributed by atoms with Gasteiger partial charge in [-0.3, -0.25) is 5.10 Å². The fourth-order valence-electron chi connectivity index (χ4n) is 2.83. The summed E-state index contributed by atoms with van der Waals surface area (Å²) < 4.78 is 16.4. The third-order valence-corrected chi connectivity index (χ3v) is 5.02. The molecule has 2 aromatic heterocycles. The number of ether oxygens (including phenoxy) is 2. The van der Waals surface area contributed by atoms with E-state index in [0.29, 0.717) is 39.0 Å². The number of rotatable bonds is 4. The van der Waals surface area contributed by atoms with Crippen molar-refractivity contribution in [3.8, 4) is 34.3 Å². The summed E-state index contributed by atoms with van der Waals surface area (Å²) >= 11 is 12.0. The first kappa shape index (κ1) is 17.8. The van der Waals surface area contributed by atoms with Crippen molar-refractivity contribution in [2.45, 2.75) is 0 Å². The molecule has 0 atom stereocenters. The van der Waals surface area contributed by atoms with Crippen LogP contribution in [0.5, 0.6) is 11.5 Å². The minimum absolute atomic E-state index is 0.240. The number of fused-ring (bicyclic) bond motifs is 1. The van der Waals surface area contributed by atoms with E-state index in [4.69, 9.17) is 37.1 Å². The predicted octanol–water partition coefficient (Wildman–Crippen LogP) is 5.33. The normalized spacial score (nSPS) is 12.8. The molecule has 0 spiro atoms. The number of H-pyrrole nitrogens is 1. The van der Waals surface area contributed by atoms with Crippen molar-refractivity contribution in [1.29, 1.82) is 0 Å². The van der Waals surface area contributed by atoms with Crippen molar-refractivity contribution in [2.24, 2.45) is 0 Å². The highest BCUT2D eigenvalue weighted by Crippen LogP contribution is 2.33. The van der Waals surface area contributed by atoms with E-state index in [-0.39, 0.29) is 6.79 Å². The zero-order chi connectivity index (χ0) is 19.8. The number of benzene rings is 2. The average Bonchev–Trinajstić information content (AvgIpc) is 3.48. The highest BCUT2D eigenvalue weighted by Gasteiger charge is 2.14. The smallest absolute Gasteiger partial charge is 0.266 e. The number of aromatic nitrogens is 4. The monoisotopic (exact) mass is 426 g/mol. The molecule has 0 aliphatic carbocycles. The largest absolute Gasteiger partial charge is 0.454 e. The lowest BCUT2D eigenvalue weighted by Gasteiger charge is -1.98. The molecular formula is C20H12Cl2N4O3. The zero-order valence-corrected chi connectivity index (χ0v) is 16.2. The van der Waals surface area contributed by atoms with Crippen LogP contribution >= 0.6 is 23.2 Å². The summed E-state index contributed by atoms with van der Waals surface area (Å²) in [5.74, 6) is 2.14. The highest BCUT2D eigenvalue weighted by atomic mass is 35.5. The maximum absolute atomic E-state index is 6.07. The fraction of sp³-hybridized carbons (Fsp3) is 0.0500. The number of nitrogens with one attached hydrogen (secondary N) is 1. The Hall–Kier alpha value is -3.29. The third-order valence-electron chi connectivity index (χ3n) is 4.28. The molecule has 0 saturated heterocycles. The number of hydrogen-bond donors (Lipinski definition) is 1. The molecular weight excluding hydrogens is 415 g/mol. The topological polar surface area (TPSA) is 86.1 Å². The Balaban J connectivity index is 1.35. The standard InChI is InChI=1S/C20H12Cl2N4O3/c21-13-4-3-12(8-14(13)22)15-9-16(24-23-15)20-26-25-19(29-20)6-2-11-1-5-17-18(7-11)28-10-27-17/h1-9H,10H2,(H,23,24)/b6-2+. The van der Waals surface area contributed by atoms with Crippen molar-refractivity contribution in [2.75, 3.05) is 6.79 Å². The van der Waals surface area contributed by atoms with Crippen molar-refractivity contribution in [1.82, 2.24) is 20.4 Å². The molecule has 1 aliphatic rings. The lowest BCUT2D eigenvalue weighted by molar-refractivity contribution is 0.174. The van der Waals surface area contributed by atoms with Gasteiger partial charge in [-0.15, -0.1) is 10.2 Å². The number of hydrogen-bond acceptors (Lipinski definition) is 6. The van der Waals surface area contributed by atoms with Crippen LogP contribution in [0, 0.1) is 0 Å². The number of aromatic amines is 1. The maximum Gasteiger partial charge on any atom is 0.266 e. The van der Waals surface area contributed by atoms with Crippen LogP contribution in [0.1, 0.15) is 11.5 Å². The van der Waals surface area contributed by atoms with Crippen LogP contribution in [0.4, 0.5) is 0 Å². The summed E-state index contributed by atoms with van der Waals surface area (Å²) in [7, 11) is 0. The van der Waals surface area contributed by atoms with Gasteiger partial charge in [0.15, 0.2) is 11.5 Å². The van der Waals surface area contributed by atoms with Crippen LogP contribution < -0.4 is 9.47 Å². The van der Waals surface area contributed by atoms with E-state index in [1.807, 2.05) is 30.3 Å². The molecule has 144 valence electrons. The average molecular weight is 427 g/mol. The van der Waals surface area contributed by atoms with Crippen molar-refractivity contribution in [3.63, 3.8) is 0 Å². The van der Waals surface area contributed by atoms with E-state index in [2.05, 4.69) is 20.4 Å². The SMILES string of the molecule is Clc1ccc(-c2cc(-c3nnc(/C=C/c4ccc5c(c4)OCO5)o3)[nH]n2)cc1Cl.